The number of hydrogen-bond donors (Lipinski definition) is 0. The first-order valence-corrected chi connectivity index (χ1v) is 9.98. The molecule has 0 atom stereocenters. The van der Waals surface area contributed by atoms with Crippen LogP contribution in [0.15, 0.2) is 81.7 Å². The van der Waals surface area contributed by atoms with Gasteiger partial charge in [0.15, 0.2) is 0 Å². The van der Waals surface area contributed by atoms with Crippen molar-refractivity contribution >= 4 is 64.9 Å². The van der Waals surface area contributed by atoms with Gasteiger partial charge in [0.25, 0.3) is 0 Å². The average Bonchev–Trinajstić information content (AvgIpc) is 2.60. The van der Waals surface area contributed by atoms with E-state index < -0.39 is 0 Å². The lowest BCUT2D eigenvalue weighted by molar-refractivity contribution is 0.398. The third-order valence-corrected chi connectivity index (χ3v) is 4.77. The van der Waals surface area contributed by atoms with Gasteiger partial charge < -0.3 is 9.64 Å². The van der Waals surface area contributed by atoms with Crippen LogP contribution < -0.4 is 9.64 Å². The second kappa shape index (κ2) is 8.19. The molecule has 24 heavy (non-hydrogen) atoms. The zero-order valence-corrected chi connectivity index (χ0v) is 17.4. The number of alkyl halides is 1. The maximum Gasteiger partial charge on any atom is 0.143 e. The quantitative estimate of drug-likeness (QED) is 0.331. The monoisotopic (exact) mass is 509 g/mol. The standard InChI is InChI=1S/C19H14Br3NO/c20-13-24-19-11-9-18(10-12-19)23(16-5-1-14(21)2-6-16)17-7-3-15(22)4-8-17/h1-12H,13H2. The first-order valence-electron chi connectivity index (χ1n) is 7.27. The summed E-state index contributed by atoms with van der Waals surface area (Å²) in [6.45, 7) is 0. The molecule has 0 heterocycles. The van der Waals surface area contributed by atoms with Gasteiger partial charge in [-0.1, -0.05) is 31.9 Å². The molecule has 0 aliphatic rings. The molecule has 0 radical (unpaired) electrons. The fraction of sp³-hybridized carbons (Fsp3) is 0.0526. The average molecular weight is 512 g/mol. The third-order valence-electron chi connectivity index (χ3n) is 3.49. The summed E-state index contributed by atoms with van der Waals surface area (Å²) in [5.41, 5.74) is 3.74. The molecule has 0 unspecified atom stereocenters. The number of ether oxygens (including phenoxy) is 1. The summed E-state index contributed by atoms with van der Waals surface area (Å²) < 4.78 is 7.59. The van der Waals surface area contributed by atoms with Crippen LogP contribution >= 0.6 is 47.8 Å². The Morgan fingerprint density at radius 1 is 0.625 bits per heavy atom. The predicted octanol–water partition coefficient (Wildman–Crippen LogP) is 7.41. The summed E-state index contributed by atoms with van der Waals surface area (Å²) >= 11 is 10.3. The predicted molar refractivity (Wildman–Crippen MR) is 111 cm³/mol. The second-order valence-electron chi connectivity index (χ2n) is 5.04. The number of rotatable bonds is 5. The minimum absolute atomic E-state index is 0.482. The van der Waals surface area contributed by atoms with E-state index in [1.165, 1.54) is 0 Å². The smallest absolute Gasteiger partial charge is 0.143 e. The van der Waals surface area contributed by atoms with Crippen molar-refractivity contribution in [2.75, 3.05) is 10.4 Å². The van der Waals surface area contributed by atoms with Crippen molar-refractivity contribution < 1.29 is 4.74 Å². The minimum Gasteiger partial charge on any atom is -0.482 e. The van der Waals surface area contributed by atoms with Gasteiger partial charge >= 0.3 is 0 Å². The Labute approximate surface area is 166 Å². The van der Waals surface area contributed by atoms with E-state index in [1.54, 1.807) is 0 Å². The molecule has 3 aromatic rings. The maximum atomic E-state index is 5.47. The van der Waals surface area contributed by atoms with Crippen LogP contribution in [0.25, 0.3) is 0 Å². The summed E-state index contributed by atoms with van der Waals surface area (Å²) in [5.74, 6) is 0.835. The zero-order chi connectivity index (χ0) is 16.9. The molecule has 5 heteroatoms. The molecule has 0 aliphatic carbocycles. The highest BCUT2D eigenvalue weighted by Gasteiger charge is 2.12. The van der Waals surface area contributed by atoms with Crippen molar-refractivity contribution in [3.63, 3.8) is 0 Å². The van der Waals surface area contributed by atoms with E-state index in [4.69, 9.17) is 4.74 Å². The molecule has 0 amide bonds. The first kappa shape index (κ1) is 17.5. The summed E-state index contributed by atoms with van der Waals surface area (Å²) in [5, 5.41) is 0. The van der Waals surface area contributed by atoms with Gasteiger partial charge in [-0.3, -0.25) is 0 Å². The van der Waals surface area contributed by atoms with Gasteiger partial charge in [-0.25, -0.2) is 0 Å². The van der Waals surface area contributed by atoms with E-state index in [0.717, 1.165) is 31.8 Å². The highest BCUT2D eigenvalue weighted by atomic mass is 79.9. The minimum atomic E-state index is 0.482. The number of nitrogens with zero attached hydrogens (tertiary/aromatic N) is 1. The largest absolute Gasteiger partial charge is 0.482 e. The van der Waals surface area contributed by atoms with Gasteiger partial charge in [-0.05, 0) is 88.7 Å². The molecule has 0 saturated heterocycles. The Bertz CT molecular complexity index is 741. The van der Waals surface area contributed by atoms with Crippen molar-refractivity contribution in [2.45, 2.75) is 0 Å². The molecule has 122 valence electrons. The Morgan fingerprint density at radius 2 is 1.00 bits per heavy atom. The first-order chi connectivity index (χ1) is 11.7. The highest BCUT2D eigenvalue weighted by Crippen LogP contribution is 2.36. The van der Waals surface area contributed by atoms with Crippen LogP contribution in [0.2, 0.25) is 0 Å². The van der Waals surface area contributed by atoms with Crippen LogP contribution in [0.1, 0.15) is 0 Å². The topological polar surface area (TPSA) is 12.5 Å². The third kappa shape index (κ3) is 4.21. The molecular formula is C19H14Br3NO. The molecule has 0 aliphatic heterocycles. The van der Waals surface area contributed by atoms with Gasteiger partial charge in [0.2, 0.25) is 0 Å². The van der Waals surface area contributed by atoms with Gasteiger partial charge in [-0.2, -0.15) is 0 Å². The van der Waals surface area contributed by atoms with Crippen molar-refractivity contribution in [3.05, 3.63) is 81.7 Å². The van der Waals surface area contributed by atoms with E-state index in [2.05, 4.69) is 89.1 Å². The van der Waals surface area contributed by atoms with E-state index in [0.29, 0.717) is 5.52 Å². The van der Waals surface area contributed by atoms with Gasteiger partial charge in [-0.15, -0.1) is 0 Å². The van der Waals surface area contributed by atoms with Crippen LogP contribution in [0.3, 0.4) is 0 Å². The van der Waals surface area contributed by atoms with Crippen molar-refractivity contribution in [1.29, 1.82) is 0 Å². The molecule has 3 aromatic carbocycles. The fourth-order valence-electron chi connectivity index (χ4n) is 2.38. The Kier molecular flexibility index (Phi) is 5.98. The van der Waals surface area contributed by atoms with Crippen LogP contribution in [-0.4, -0.2) is 5.52 Å². The molecule has 0 aromatic heterocycles. The lowest BCUT2D eigenvalue weighted by Crippen LogP contribution is -2.09. The summed E-state index contributed by atoms with van der Waals surface area (Å²) in [6, 6.07) is 24.6. The van der Waals surface area contributed by atoms with E-state index >= 15 is 0 Å². The molecule has 3 rings (SSSR count). The number of hydrogen-bond acceptors (Lipinski definition) is 2. The molecule has 2 nitrogen and oxygen atoms in total. The van der Waals surface area contributed by atoms with Crippen molar-refractivity contribution in [2.24, 2.45) is 0 Å². The van der Waals surface area contributed by atoms with Gasteiger partial charge in [0, 0.05) is 26.0 Å². The Hall–Kier alpha value is -1.30. The SMILES string of the molecule is BrCOc1ccc(N(c2ccc(Br)cc2)c2ccc(Br)cc2)cc1. The molecular weight excluding hydrogens is 498 g/mol. The lowest BCUT2D eigenvalue weighted by atomic mass is 10.2. The van der Waals surface area contributed by atoms with Crippen molar-refractivity contribution in [1.82, 2.24) is 0 Å². The summed E-state index contributed by atoms with van der Waals surface area (Å²) in [7, 11) is 0. The van der Waals surface area contributed by atoms with Crippen LogP contribution in [0.4, 0.5) is 17.1 Å². The highest BCUT2D eigenvalue weighted by molar-refractivity contribution is 9.10. The number of anilines is 3. The number of halogens is 3. The van der Waals surface area contributed by atoms with Crippen LogP contribution in [-0.2, 0) is 0 Å². The summed E-state index contributed by atoms with van der Waals surface area (Å²) in [4.78, 5) is 2.21. The molecule has 0 spiro atoms. The second-order valence-corrected chi connectivity index (χ2v) is 7.32. The van der Waals surface area contributed by atoms with Crippen molar-refractivity contribution in [3.8, 4) is 5.75 Å². The molecule has 0 N–H and O–H groups in total. The van der Waals surface area contributed by atoms with Crippen LogP contribution in [0.5, 0.6) is 5.75 Å². The normalized spacial score (nSPS) is 10.5. The fourth-order valence-corrected chi connectivity index (χ4v) is 3.17. The van der Waals surface area contributed by atoms with E-state index in [-0.39, 0.29) is 0 Å². The van der Waals surface area contributed by atoms with Crippen LogP contribution in [0, 0.1) is 0 Å². The number of benzene rings is 3. The maximum absolute atomic E-state index is 5.47. The summed E-state index contributed by atoms with van der Waals surface area (Å²) in [6.07, 6.45) is 0. The Morgan fingerprint density at radius 3 is 1.38 bits per heavy atom. The van der Waals surface area contributed by atoms with Gasteiger partial charge in [0.05, 0.1) is 0 Å². The lowest BCUT2D eigenvalue weighted by Gasteiger charge is -2.25. The van der Waals surface area contributed by atoms with E-state index in [1.807, 2.05) is 36.4 Å². The molecule has 0 bridgehead atoms. The molecule has 0 fully saturated rings. The van der Waals surface area contributed by atoms with Gasteiger partial charge in [0.1, 0.15) is 11.3 Å². The van der Waals surface area contributed by atoms with E-state index in [9.17, 15) is 0 Å². The zero-order valence-electron chi connectivity index (χ0n) is 12.6. The Balaban J connectivity index is 2.04. The molecule has 0 saturated carbocycles.